The van der Waals surface area contributed by atoms with Crippen molar-refractivity contribution in [1.29, 1.82) is 0 Å². The largest absolute Gasteiger partial charge is 0.244 e. The zero-order valence-corrected chi connectivity index (χ0v) is 6.25. The summed E-state index contributed by atoms with van der Waals surface area (Å²) in [5.74, 6) is 0.601. The standard InChI is InChI=1S/C6H5ClNS/c7-6-2-1-5(4-9)3-8-6/h1-3H,4H2. The molecule has 0 N–H and O–H groups in total. The highest BCUT2D eigenvalue weighted by Crippen LogP contribution is 2.06. The smallest absolute Gasteiger partial charge is 0.129 e. The van der Waals surface area contributed by atoms with Crippen LogP contribution in [0.1, 0.15) is 5.56 Å². The van der Waals surface area contributed by atoms with Gasteiger partial charge in [-0.3, -0.25) is 0 Å². The average molecular weight is 159 g/mol. The lowest BCUT2D eigenvalue weighted by atomic mass is 10.3. The molecule has 1 aromatic rings. The van der Waals surface area contributed by atoms with Crippen molar-refractivity contribution >= 4 is 24.2 Å². The summed E-state index contributed by atoms with van der Waals surface area (Å²) < 4.78 is 0. The van der Waals surface area contributed by atoms with Gasteiger partial charge >= 0.3 is 0 Å². The normalized spacial score (nSPS) is 9.56. The Kier molecular flexibility index (Phi) is 2.37. The molecule has 1 nitrogen and oxygen atoms in total. The lowest BCUT2D eigenvalue weighted by Gasteiger charge is -1.91. The predicted molar refractivity (Wildman–Crippen MR) is 40.5 cm³/mol. The molecule has 0 aliphatic heterocycles. The van der Waals surface area contributed by atoms with E-state index in [1.807, 2.05) is 6.07 Å². The molecule has 0 aromatic carbocycles. The SMILES string of the molecule is [S]Cc1ccc(Cl)nc1. The highest BCUT2D eigenvalue weighted by molar-refractivity contribution is 7.79. The minimum absolute atomic E-state index is 0.516. The molecular weight excluding hydrogens is 154 g/mol. The van der Waals surface area contributed by atoms with Gasteiger partial charge in [0.05, 0.1) is 0 Å². The Morgan fingerprint density at radius 1 is 1.56 bits per heavy atom. The van der Waals surface area contributed by atoms with Crippen LogP contribution in [0.25, 0.3) is 0 Å². The highest BCUT2D eigenvalue weighted by atomic mass is 35.5. The van der Waals surface area contributed by atoms with Gasteiger partial charge in [-0.2, -0.15) is 0 Å². The molecule has 3 heteroatoms. The predicted octanol–water partition coefficient (Wildman–Crippen LogP) is 2.43. The van der Waals surface area contributed by atoms with E-state index < -0.39 is 0 Å². The maximum absolute atomic E-state index is 5.52. The molecular formula is C6H5ClNS. The van der Waals surface area contributed by atoms with Crippen LogP contribution in [-0.2, 0) is 5.75 Å². The molecule has 0 unspecified atom stereocenters. The Labute approximate surface area is 64.5 Å². The Balaban J connectivity index is 2.88. The molecule has 0 saturated heterocycles. The molecule has 47 valence electrons. The monoisotopic (exact) mass is 158 g/mol. The second-order valence-electron chi connectivity index (χ2n) is 1.63. The Bertz CT molecular complexity index is 185. The maximum atomic E-state index is 5.52. The summed E-state index contributed by atoms with van der Waals surface area (Å²) in [4.78, 5) is 3.85. The van der Waals surface area contributed by atoms with Crippen LogP contribution >= 0.6 is 24.2 Å². The maximum Gasteiger partial charge on any atom is 0.129 e. The first kappa shape index (κ1) is 6.90. The summed E-state index contributed by atoms with van der Waals surface area (Å²) in [5.41, 5.74) is 1.04. The van der Waals surface area contributed by atoms with Crippen molar-refractivity contribution in [2.75, 3.05) is 0 Å². The summed E-state index contributed by atoms with van der Waals surface area (Å²) in [6.45, 7) is 0. The lowest BCUT2D eigenvalue weighted by molar-refractivity contribution is 1.25. The Morgan fingerprint density at radius 2 is 2.33 bits per heavy atom. The minimum atomic E-state index is 0.516. The number of pyridine rings is 1. The van der Waals surface area contributed by atoms with E-state index in [4.69, 9.17) is 24.2 Å². The molecule has 1 heterocycles. The second kappa shape index (κ2) is 3.08. The fourth-order valence-electron chi connectivity index (χ4n) is 0.492. The van der Waals surface area contributed by atoms with E-state index in [9.17, 15) is 0 Å². The van der Waals surface area contributed by atoms with Gasteiger partial charge in [0, 0.05) is 11.9 Å². The van der Waals surface area contributed by atoms with E-state index in [1.165, 1.54) is 0 Å². The minimum Gasteiger partial charge on any atom is -0.244 e. The summed E-state index contributed by atoms with van der Waals surface area (Å²) in [5, 5.41) is 0.516. The van der Waals surface area contributed by atoms with E-state index in [2.05, 4.69) is 4.98 Å². The van der Waals surface area contributed by atoms with E-state index in [-0.39, 0.29) is 0 Å². The van der Waals surface area contributed by atoms with Crippen LogP contribution in [0.5, 0.6) is 0 Å². The molecule has 0 fully saturated rings. The molecule has 0 saturated carbocycles. The first-order valence-electron chi connectivity index (χ1n) is 2.51. The van der Waals surface area contributed by atoms with Crippen LogP contribution in [0.3, 0.4) is 0 Å². The van der Waals surface area contributed by atoms with Gasteiger partial charge in [-0.25, -0.2) is 4.98 Å². The average Bonchev–Trinajstić information content (AvgIpc) is 1.90. The molecule has 0 spiro atoms. The number of rotatable bonds is 1. The van der Waals surface area contributed by atoms with Crippen molar-refractivity contribution in [3.8, 4) is 0 Å². The molecule has 0 amide bonds. The van der Waals surface area contributed by atoms with Gasteiger partial charge in [0.1, 0.15) is 5.15 Å². The van der Waals surface area contributed by atoms with E-state index in [0.717, 1.165) is 5.56 Å². The van der Waals surface area contributed by atoms with E-state index >= 15 is 0 Å². The van der Waals surface area contributed by atoms with Crippen LogP contribution < -0.4 is 0 Å². The molecule has 1 radical (unpaired) electrons. The van der Waals surface area contributed by atoms with Crippen LogP contribution in [0.2, 0.25) is 5.15 Å². The van der Waals surface area contributed by atoms with E-state index in [0.29, 0.717) is 10.9 Å². The van der Waals surface area contributed by atoms with Gasteiger partial charge in [-0.15, -0.1) is 0 Å². The Hall–Kier alpha value is -0.210. The fraction of sp³-hybridized carbons (Fsp3) is 0.167. The first-order valence-corrected chi connectivity index (χ1v) is 3.47. The molecule has 1 aromatic heterocycles. The fourth-order valence-corrected chi connectivity index (χ4v) is 0.774. The van der Waals surface area contributed by atoms with Crippen molar-refractivity contribution in [2.45, 2.75) is 5.75 Å². The number of aromatic nitrogens is 1. The molecule has 0 bridgehead atoms. The molecule has 9 heavy (non-hydrogen) atoms. The third-order valence-corrected chi connectivity index (χ3v) is 1.51. The van der Waals surface area contributed by atoms with Crippen molar-refractivity contribution in [1.82, 2.24) is 4.98 Å². The van der Waals surface area contributed by atoms with Gasteiger partial charge in [-0.1, -0.05) is 30.3 Å². The van der Waals surface area contributed by atoms with Crippen LogP contribution in [-0.4, -0.2) is 4.98 Å². The number of nitrogens with zero attached hydrogens (tertiary/aromatic N) is 1. The van der Waals surface area contributed by atoms with E-state index in [1.54, 1.807) is 12.3 Å². The second-order valence-corrected chi connectivity index (χ2v) is 2.31. The number of hydrogen-bond acceptors (Lipinski definition) is 1. The van der Waals surface area contributed by atoms with Crippen molar-refractivity contribution in [3.05, 3.63) is 29.0 Å². The third-order valence-electron chi connectivity index (χ3n) is 0.955. The number of halogens is 1. The van der Waals surface area contributed by atoms with Gasteiger partial charge in [0.2, 0.25) is 0 Å². The van der Waals surface area contributed by atoms with Crippen molar-refractivity contribution < 1.29 is 0 Å². The zero-order chi connectivity index (χ0) is 6.69. The van der Waals surface area contributed by atoms with Crippen LogP contribution in [0, 0.1) is 0 Å². The van der Waals surface area contributed by atoms with Gasteiger partial charge < -0.3 is 0 Å². The molecule has 0 aliphatic carbocycles. The van der Waals surface area contributed by atoms with Crippen LogP contribution in [0.4, 0.5) is 0 Å². The third kappa shape index (κ3) is 1.88. The lowest BCUT2D eigenvalue weighted by Crippen LogP contribution is -1.78. The molecule has 0 aliphatic rings. The first-order chi connectivity index (χ1) is 4.33. The quantitative estimate of drug-likeness (QED) is 0.573. The zero-order valence-electron chi connectivity index (χ0n) is 4.67. The number of hydrogen-bond donors (Lipinski definition) is 0. The molecule has 0 atom stereocenters. The summed E-state index contributed by atoms with van der Waals surface area (Å²) in [6, 6.07) is 3.62. The van der Waals surface area contributed by atoms with Crippen molar-refractivity contribution in [3.63, 3.8) is 0 Å². The summed E-state index contributed by atoms with van der Waals surface area (Å²) in [7, 11) is 0. The van der Waals surface area contributed by atoms with Gasteiger partial charge in [-0.05, 0) is 11.6 Å². The Morgan fingerprint density at radius 3 is 2.78 bits per heavy atom. The summed E-state index contributed by atoms with van der Waals surface area (Å²) >= 11 is 10.3. The topological polar surface area (TPSA) is 12.9 Å². The van der Waals surface area contributed by atoms with Crippen molar-refractivity contribution in [2.24, 2.45) is 0 Å². The van der Waals surface area contributed by atoms with Crippen LogP contribution in [0.15, 0.2) is 18.3 Å². The molecule has 1 rings (SSSR count). The van der Waals surface area contributed by atoms with Gasteiger partial charge in [0.15, 0.2) is 0 Å². The summed E-state index contributed by atoms with van der Waals surface area (Å²) in [6.07, 6.45) is 1.69. The highest BCUT2D eigenvalue weighted by Gasteiger charge is 1.88. The van der Waals surface area contributed by atoms with Gasteiger partial charge in [0.25, 0.3) is 0 Å².